The number of hydrogen-bond acceptors (Lipinski definition) is 5. The van der Waals surface area contributed by atoms with Gasteiger partial charge in [-0.1, -0.05) is 63.4 Å². The molecule has 4 rings (SSSR count). The van der Waals surface area contributed by atoms with Crippen molar-refractivity contribution in [1.29, 1.82) is 0 Å². The molecule has 0 bridgehead atoms. The van der Waals surface area contributed by atoms with Crippen LogP contribution in [-0.4, -0.2) is 72.6 Å². The van der Waals surface area contributed by atoms with Crippen LogP contribution in [0.15, 0.2) is 30.3 Å². The Hall–Kier alpha value is -2.12. The molecule has 2 N–H and O–H groups in total. The van der Waals surface area contributed by atoms with Gasteiger partial charge in [0.1, 0.15) is 12.1 Å². The van der Waals surface area contributed by atoms with E-state index in [2.05, 4.69) is 34.3 Å². The summed E-state index contributed by atoms with van der Waals surface area (Å²) in [6, 6.07) is 9.76. The molecule has 1 unspecified atom stereocenters. The van der Waals surface area contributed by atoms with Gasteiger partial charge in [-0.25, -0.2) is 4.79 Å². The van der Waals surface area contributed by atoms with Crippen LogP contribution in [0.25, 0.3) is 0 Å². The predicted molar refractivity (Wildman–Crippen MR) is 138 cm³/mol. The highest BCUT2D eigenvalue weighted by Crippen LogP contribution is 2.47. The number of carbonyl (C=O) groups is 2. The molecule has 1 aliphatic carbocycles. The lowest BCUT2D eigenvalue weighted by molar-refractivity contribution is -0.135. The Bertz CT molecular complexity index is 825. The van der Waals surface area contributed by atoms with Crippen LogP contribution >= 0.6 is 0 Å². The first kappa shape index (κ1) is 26.0. The summed E-state index contributed by atoms with van der Waals surface area (Å²) < 4.78 is 5.40. The third-order valence-corrected chi connectivity index (χ3v) is 8.25. The van der Waals surface area contributed by atoms with Crippen molar-refractivity contribution in [2.75, 3.05) is 39.3 Å². The molecule has 0 radical (unpaired) electrons. The van der Waals surface area contributed by atoms with Gasteiger partial charge in [-0.15, -0.1) is 0 Å². The van der Waals surface area contributed by atoms with Crippen molar-refractivity contribution >= 4 is 12.0 Å². The van der Waals surface area contributed by atoms with Crippen molar-refractivity contribution in [2.24, 2.45) is 11.8 Å². The molecule has 7 heteroatoms. The van der Waals surface area contributed by atoms with Gasteiger partial charge < -0.3 is 19.9 Å². The summed E-state index contributed by atoms with van der Waals surface area (Å²) >= 11 is 0. The van der Waals surface area contributed by atoms with E-state index in [1.807, 2.05) is 30.3 Å². The maximum Gasteiger partial charge on any atom is 0.407 e. The second kappa shape index (κ2) is 12.2. The lowest BCUT2D eigenvalue weighted by Crippen LogP contribution is -2.53. The number of ether oxygens (including phenoxy) is 1. The van der Waals surface area contributed by atoms with Crippen molar-refractivity contribution in [3.8, 4) is 0 Å². The Morgan fingerprint density at radius 3 is 2.60 bits per heavy atom. The largest absolute Gasteiger partial charge is 0.445 e. The molecular formula is C28H44N4O3. The summed E-state index contributed by atoms with van der Waals surface area (Å²) in [6.45, 7) is 10.0. The smallest absolute Gasteiger partial charge is 0.407 e. The van der Waals surface area contributed by atoms with Crippen LogP contribution in [0.1, 0.15) is 64.4 Å². The standard InChI is InChI=1S/C28H44N4O3/c1-3-22(4-2)19-32-16-13-25(18-29-27(34)35-21-23-11-7-5-8-12-23)30-28(26(32)33)17-24(28)20-31-14-9-6-10-15-31/h5,7-8,11-12,22,24-25,30H,3-4,6,9-10,13-21H2,1-2H3,(H,29,34)/t24-,25-,28?/m0/s1. The van der Waals surface area contributed by atoms with E-state index < -0.39 is 11.6 Å². The highest BCUT2D eigenvalue weighted by molar-refractivity contribution is 5.90. The summed E-state index contributed by atoms with van der Waals surface area (Å²) in [4.78, 5) is 30.8. The summed E-state index contributed by atoms with van der Waals surface area (Å²) in [7, 11) is 0. The first-order chi connectivity index (χ1) is 17.0. The minimum atomic E-state index is -0.472. The number of alkyl carbamates (subject to hydrolysis) is 1. The zero-order valence-electron chi connectivity index (χ0n) is 21.6. The third-order valence-electron chi connectivity index (χ3n) is 8.25. The number of benzene rings is 1. The van der Waals surface area contributed by atoms with Gasteiger partial charge in [0.15, 0.2) is 0 Å². The molecule has 2 saturated heterocycles. The Morgan fingerprint density at radius 2 is 1.89 bits per heavy atom. The van der Waals surface area contributed by atoms with Gasteiger partial charge in [-0.3, -0.25) is 10.1 Å². The van der Waals surface area contributed by atoms with Gasteiger partial charge in [0.05, 0.1) is 0 Å². The zero-order chi connectivity index (χ0) is 24.7. The maximum atomic E-state index is 13.8. The maximum absolute atomic E-state index is 13.8. The number of rotatable bonds is 10. The molecule has 2 heterocycles. The van der Waals surface area contributed by atoms with Crippen LogP contribution < -0.4 is 10.6 Å². The van der Waals surface area contributed by atoms with E-state index >= 15 is 0 Å². The monoisotopic (exact) mass is 484 g/mol. The fourth-order valence-corrected chi connectivity index (χ4v) is 5.80. The van der Waals surface area contributed by atoms with Crippen molar-refractivity contribution in [3.05, 3.63) is 35.9 Å². The lowest BCUT2D eigenvalue weighted by atomic mass is 10.0. The summed E-state index contributed by atoms with van der Waals surface area (Å²) in [5.41, 5.74) is 0.496. The average molecular weight is 485 g/mol. The third kappa shape index (κ3) is 6.76. The van der Waals surface area contributed by atoms with Crippen LogP contribution in [0.3, 0.4) is 0 Å². The fraction of sp³-hybridized carbons (Fsp3) is 0.714. The number of nitrogens with one attached hydrogen (secondary N) is 2. The molecule has 194 valence electrons. The van der Waals surface area contributed by atoms with Gasteiger partial charge in [0.25, 0.3) is 0 Å². The van der Waals surface area contributed by atoms with Crippen LogP contribution in [-0.2, 0) is 16.1 Å². The molecule has 1 aromatic carbocycles. The van der Waals surface area contributed by atoms with E-state index in [-0.39, 0.29) is 18.6 Å². The van der Waals surface area contributed by atoms with Crippen LogP contribution in [0.2, 0.25) is 0 Å². The number of hydrogen-bond donors (Lipinski definition) is 2. The van der Waals surface area contributed by atoms with Crippen molar-refractivity contribution in [3.63, 3.8) is 0 Å². The van der Waals surface area contributed by atoms with Gasteiger partial charge in [-0.05, 0) is 50.3 Å². The number of amides is 2. The first-order valence-corrected chi connectivity index (χ1v) is 13.8. The zero-order valence-corrected chi connectivity index (χ0v) is 21.6. The molecule has 3 atom stereocenters. The Morgan fingerprint density at radius 1 is 1.14 bits per heavy atom. The molecule has 2 amide bonds. The second-order valence-electron chi connectivity index (χ2n) is 10.7. The van der Waals surface area contributed by atoms with E-state index in [1.54, 1.807) is 0 Å². The predicted octanol–water partition coefficient (Wildman–Crippen LogP) is 3.78. The molecule has 35 heavy (non-hydrogen) atoms. The lowest BCUT2D eigenvalue weighted by Gasteiger charge is -2.30. The van der Waals surface area contributed by atoms with Crippen molar-refractivity contribution in [1.82, 2.24) is 20.4 Å². The SMILES string of the molecule is CCC(CC)CN1CC[C@@H](CNC(=O)OCc2ccccc2)NC2(C[C@H]2CN2CCCCC2)C1=O. The molecule has 2 aliphatic heterocycles. The molecule has 7 nitrogen and oxygen atoms in total. The number of likely N-dealkylation sites (tertiary alicyclic amines) is 1. The second-order valence-corrected chi connectivity index (χ2v) is 10.7. The molecular weight excluding hydrogens is 440 g/mol. The van der Waals surface area contributed by atoms with Crippen LogP contribution in [0.5, 0.6) is 0 Å². The highest BCUT2D eigenvalue weighted by Gasteiger charge is 2.62. The van der Waals surface area contributed by atoms with Crippen LogP contribution in [0, 0.1) is 11.8 Å². The highest BCUT2D eigenvalue weighted by atomic mass is 16.5. The molecule has 3 fully saturated rings. The minimum absolute atomic E-state index is 0.0567. The van der Waals surface area contributed by atoms with E-state index in [9.17, 15) is 9.59 Å². The van der Waals surface area contributed by atoms with E-state index in [4.69, 9.17) is 4.74 Å². The quantitative estimate of drug-likeness (QED) is 0.529. The molecule has 0 aromatic heterocycles. The van der Waals surface area contributed by atoms with E-state index in [0.717, 1.165) is 64.0 Å². The number of nitrogens with zero attached hydrogens (tertiary/aromatic N) is 2. The topological polar surface area (TPSA) is 73.9 Å². The molecule has 1 spiro atoms. The van der Waals surface area contributed by atoms with E-state index in [0.29, 0.717) is 18.4 Å². The summed E-state index contributed by atoms with van der Waals surface area (Å²) in [5.74, 6) is 1.17. The average Bonchev–Trinajstić information content (AvgIpc) is 3.61. The van der Waals surface area contributed by atoms with Gasteiger partial charge in [0, 0.05) is 38.1 Å². The van der Waals surface area contributed by atoms with E-state index in [1.165, 1.54) is 19.3 Å². The Labute approximate surface area is 210 Å². The van der Waals surface area contributed by atoms with Crippen molar-refractivity contribution in [2.45, 2.75) is 77.0 Å². The first-order valence-electron chi connectivity index (χ1n) is 13.8. The normalized spacial score (nSPS) is 27.2. The van der Waals surface area contributed by atoms with Crippen molar-refractivity contribution < 1.29 is 14.3 Å². The molecule has 1 aromatic rings. The van der Waals surface area contributed by atoms with Crippen LogP contribution in [0.4, 0.5) is 4.79 Å². The number of carbonyl (C=O) groups excluding carboxylic acids is 2. The molecule has 3 aliphatic rings. The Kier molecular flexibility index (Phi) is 9.06. The Balaban J connectivity index is 1.36. The van der Waals surface area contributed by atoms with Gasteiger partial charge >= 0.3 is 6.09 Å². The summed E-state index contributed by atoms with van der Waals surface area (Å²) in [5, 5.41) is 6.68. The molecule has 1 saturated carbocycles. The minimum Gasteiger partial charge on any atom is -0.445 e. The van der Waals surface area contributed by atoms with Gasteiger partial charge in [0.2, 0.25) is 5.91 Å². The number of piperidine rings is 1. The fourth-order valence-electron chi connectivity index (χ4n) is 5.80. The summed E-state index contributed by atoms with van der Waals surface area (Å²) in [6.07, 6.45) is 7.36. The van der Waals surface area contributed by atoms with Gasteiger partial charge in [-0.2, -0.15) is 0 Å².